The van der Waals surface area contributed by atoms with Crippen LogP contribution >= 0.6 is 0 Å². The minimum absolute atomic E-state index is 0.236. The third kappa shape index (κ3) is 2.51. The number of piperidine rings is 1. The number of rotatable bonds is 3. The Kier molecular flexibility index (Phi) is 3.54. The molecule has 0 spiro atoms. The first-order valence-corrected chi connectivity index (χ1v) is 6.94. The molecule has 1 aromatic carbocycles. The van der Waals surface area contributed by atoms with Crippen molar-refractivity contribution in [3.8, 4) is 0 Å². The first-order valence-electron chi connectivity index (χ1n) is 6.94. The van der Waals surface area contributed by atoms with Gasteiger partial charge in [-0.1, -0.05) is 6.07 Å². The number of hydrogen-bond donors (Lipinski definition) is 1. The predicted molar refractivity (Wildman–Crippen MR) is 69.1 cm³/mol. The molecule has 0 aliphatic carbocycles. The average Bonchev–Trinajstić information content (AvgIpc) is 2.36. The molecule has 1 N–H and O–H groups in total. The summed E-state index contributed by atoms with van der Waals surface area (Å²) in [6.07, 6.45) is 3.20. The van der Waals surface area contributed by atoms with Crippen molar-refractivity contribution in [2.75, 3.05) is 26.3 Å². The fourth-order valence-corrected chi connectivity index (χ4v) is 3.29. The van der Waals surface area contributed by atoms with Crippen LogP contribution in [0.3, 0.4) is 0 Å². The van der Waals surface area contributed by atoms with Gasteiger partial charge >= 0.3 is 0 Å². The van der Waals surface area contributed by atoms with E-state index in [1.807, 2.05) is 0 Å². The Morgan fingerprint density at radius 1 is 1.21 bits per heavy atom. The molecule has 0 saturated carbocycles. The van der Waals surface area contributed by atoms with E-state index in [1.54, 1.807) is 6.07 Å². The monoisotopic (exact) mass is 267 g/mol. The van der Waals surface area contributed by atoms with Crippen LogP contribution in [0.15, 0.2) is 18.2 Å². The fraction of sp³-hybridized carbons (Fsp3) is 0.600. The lowest BCUT2D eigenvalue weighted by molar-refractivity contribution is -0.0747. The van der Waals surface area contributed by atoms with Crippen LogP contribution in [0.1, 0.15) is 24.8 Å². The van der Waals surface area contributed by atoms with E-state index in [0.29, 0.717) is 24.7 Å². The van der Waals surface area contributed by atoms with Gasteiger partial charge in [-0.2, -0.15) is 0 Å². The van der Waals surface area contributed by atoms with Gasteiger partial charge in [0.2, 0.25) is 0 Å². The zero-order valence-electron chi connectivity index (χ0n) is 10.9. The quantitative estimate of drug-likeness (QED) is 0.909. The zero-order chi connectivity index (χ0) is 13.3. The topological polar surface area (TPSA) is 21.3 Å². The van der Waals surface area contributed by atoms with Gasteiger partial charge in [0.15, 0.2) is 0 Å². The molecule has 0 radical (unpaired) electrons. The number of benzene rings is 1. The summed E-state index contributed by atoms with van der Waals surface area (Å²) in [5, 5.41) is 3.34. The number of ether oxygens (including phenoxy) is 1. The van der Waals surface area contributed by atoms with E-state index in [0.717, 1.165) is 38.4 Å². The molecular formula is C15H19F2NO. The van der Waals surface area contributed by atoms with Crippen molar-refractivity contribution in [1.29, 1.82) is 0 Å². The van der Waals surface area contributed by atoms with Gasteiger partial charge in [-0.25, -0.2) is 8.78 Å². The van der Waals surface area contributed by atoms with Crippen molar-refractivity contribution in [3.05, 3.63) is 35.4 Å². The minimum Gasteiger partial charge on any atom is -0.379 e. The minimum atomic E-state index is -0.515. The van der Waals surface area contributed by atoms with Crippen LogP contribution in [0.4, 0.5) is 8.78 Å². The van der Waals surface area contributed by atoms with Crippen LogP contribution in [0.2, 0.25) is 0 Å². The van der Waals surface area contributed by atoms with E-state index in [9.17, 15) is 8.78 Å². The highest BCUT2D eigenvalue weighted by molar-refractivity contribution is 5.30. The van der Waals surface area contributed by atoms with Gasteiger partial charge in [-0.05, 0) is 49.9 Å². The van der Waals surface area contributed by atoms with Gasteiger partial charge in [-0.3, -0.25) is 0 Å². The summed E-state index contributed by atoms with van der Waals surface area (Å²) in [6, 6.07) is 3.92. The first kappa shape index (κ1) is 13.0. The summed E-state index contributed by atoms with van der Waals surface area (Å²) in [4.78, 5) is 0. The van der Waals surface area contributed by atoms with Gasteiger partial charge in [0, 0.05) is 11.5 Å². The van der Waals surface area contributed by atoms with E-state index in [4.69, 9.17) is 4.74 Å². The maximum atomic E-state index is 14.0. The smallest absolute Gasteiger partial charge is 0.130 e. The molecule has 0 atom stereocenters. The van der Waals surface area contributed by atoms with Crippen molar-refractivity contribution < 1.29 is 13.5 Å². The highest BCUT2D eigenvalue weighted by Gasteiger charge is 2.43. The molecule has 4 heteroatoms. The molecule has 2 saturated heterocycles. The number of halogens is 2. The highest BCUT2D eigenvalue weighted by atomic mass is 19.1. The molecule has 0 amide bonds. The second kappa shape index (κ2) is 5.17. The van der Waals surface area contributed by atoms with Crippen molar-refractivity contribution in [3.63, 3.8) is 0 Å². The molecule has 0 aromatic heterocycles. The molecule has 2 aliphatic heterocycles. The molecule has 1 aromatic rings. The maximum absolute atomic E-state index is 14.0. The average molecular weight is 267 g/mol. The van der Waals surface area contributed by atoms with Crippen molar-refractivity contribution in [2.45, 2.75) is 24.7 Å². The lowest BCUT2D eigenvalue weighted by Crippen LogP contribution is -2.49. The summed E-state index contributed by atoms with van der Waals surface area (Å²) < 4.78 is 32.4. The molecule has 0 bridgehead atoms. The standard InChI is InChI=1S/C15H19F2NO/c16-12-1-2-13(14(17)7-12)15(9-19-10-15)8-11-3-5-18-6-4-11/h1-2,7,11,18H,3-6,8-10H2. The van der Waals surface area contributed by atoms with E-state index in [2.05, 4.69) is 5.32 Å². The summed E-state index contributed by atoms with van der Waals surface area (Å²) in [5.41, 5.74) is 0.387. The van der Waals surface area contributed by atoms with Crippen LogP contribution in [0, 0.1) is 17.6 Å². The fourth-order valence-electron chi connectivity index (χ4n) is 3.29. The zero-order valence-corrected chi connectivity index (χ0v) is 10.9. The molecule has 3 rings (SSSR count). The Bertz CT molecular complexity index is 453. The van der Waals surface area contributed by atoms with Crippen LogP contribution in [0.5, 0.6) is 0 Å². The Morgan fingerprint density at radius 2 is 1.95 bits per heavy atom. The molecule has 104 valence electrons. The summed E-state index contributed by atoms with van der Waals surface area (Å²) >= 11 is 0. The van der Waals surface area contributed by atoms with Crippen LogP contribution < -0.4 is 5.32 Å². The Labute approximate surface area is 112 Å². The van der Waals surface area contributed by atoms with E-state index in [-0.39, 0.29) is 5.41 Å². The molecular weight excluding hydrogens is 248 g/mol. The van der Waals surface area contributed by atoms with Crippen LogP contribution in [-0.2, 0) is 10.2 Å². The summed E-state index contributed by atoms with van der Waals surface area (Å²) in [7, 11) is 0. The van der Waals surface area contributed by atoms with E-state index in [1.165, 1.54) is 6.07 Å². The van der Waals surface area contributed by atoms with Crippen LogP contribution in [0.25, 0.3) is 0 Å². The Morgan fingerprint density at radius 3 is 2.53 bits per heavy atom. The largest absolute Gasteiger partial charge is 0.379 e. The number of hydrogen-bond acceptors (Lipinski definition) is 2. The molecule has 2 heterocycles. The first-order chi connectivity index (χ1) is 9.20. The summed E-state index contributed by atoms with van der Waals surface area (Å²) in [5.74, 6) is -0.342. The van der Waals surface area contributed by atoms with E-state index >= 15 is 0 Å². The summed E-state index contributed by atoms with van der Waals surface area (Å²) in [6.45, 7) is 3.18. The van der Waals surface area contributed by atoms with Gasteiger partial charge in [-0.15, -0.1) is 0 Å². The number of nitrogens with one attached hydrogen (secondary N) is 1. The third-order valence-corrected chi connectivity index (χ3v) is 4.40. The maximum Gasteiger partial charge on any atom is 0.130 e. The normalized spacial score (nSPS) is 23.1. The molecule has 19 heavy (non-hydrogen) atoms. The molecule has 2 nitrogen and oxygen atoms in total. The lowest BCUT2D eigenvalue weighted by Gasteiger charge is -2.45. The molecule has 2 aliphatic rings. The van der Waals surface area contributed by atoms with Gasteiger partial charge in [0.25, 0.3) is 0 Å². The van der Waals surface area contributed by atoms with Crippen molar-refractivity contribution in [2.24, 2.45) is 5.92 Å². The Balaban J connectivity index is 1.81. The van der Waals surface area contributed by atoms with Gasteiger partial charge in [0.1, 0.15) is 11.6 Å². The third-order valence-electron chi connectivity index (χ3n) is 4.40. The van der Waals surface area contributed by atoms with Crippen LogP contribution in [-0.4, -0.2) is 26.3 Å². The Hall–Kier alpha value is -1.00. The van der Waals surface area contributed by atoms with Gasteiger partial charge in [0.05, 0.1) is 13.2 Å². The molecule has 2 fully saturated rings. The predicted octanol–water partition coefficient (Wildman–Crippen LogP) is 2.62. The lowest BCUT2D eigenvalue weighted by atomic mass is 9.70. The molecule has 0 unspecified atom stereocenters. The SMILES string of the molecule is Fc1ccc(C2(CC3CCNCC3)COC2)c(F)c1. The van der Waals surface area contributed by atoms with Crippen molar-refractivity contribution >= 4 is 0 Å². The second-order valence-corrected chi connectivity index (χ2v) is 5.79. The van der Waals surface area contributed by atoms with Crippen molar-refractivity contribution in [1.82, 2.24) is 5.32 Å². The highest BCUT2D eigenvalue weighted by Crippen LogP contribution is 2.41. The van der Waals surface area contributed by atoms with Gasteiger partial charge < -0.3 is 10.1 Å². The second-order valence-electron chi connectivity index (χ2n) is 5.79. The van der Waals surface area contributed by atoms with E-state index < -0.39 is 11.6 Å².